The van der Waals surface area contributed by atoms with Gasteiger partial charge in [-0.25, -0.2) is 0 Å². The molecule has 0 radical (unpaired) electrons. The summed E-state index contributed by atoms with van der Waals surface area (Å²) in [6, 6.07) is 7.21. The second-order valence-corrected chi connectivity index (χ2v) is 3.38. The first-order valence-electron chi connectivity index (χ1n) is 4.90. The number of amides is 1. The van der Waals surface area contributed by atoms with E-state index in [-0.39, 0.29) is 5.91 Å². The summed E-state index contributed by atoms with van der Waals surface area (Å²) in [7, 11) is 1.57. The molecule has 0 bridgehead atoms. The Labute approximate surface area is 89.5 Å². The van der Waals surface area contributed by atoms with Gasteiger partial charge in [-0.15, -0.1) is 0 Å². The maximum Gasteiger partial charge on any atom is 0.251 e. The second kappa shape index (κ2) is 5.48. The Kier molecular flexibility index (Phi) is 4.27. The van der Waals surface area contributed by atoms with Crippen LogP contribution in [-0.2, 0) is 6.54 Å². The Balaban J connectivity index is 2.78. The van der Waals surface area contributed by atoms with Crippen LogP contribution >= 0.6 is 0 Å². The van der Waals surface area contributed by atoms with Crippen LogP contribution in [0.4, 0.5) is 0 Å². The number of benzene rings is 1. The smallest absolute Gasteiger partial charge is 0.251 e. The summed E-state index contributed by atoms with van der Waals surface area (Å²) in [5, 5.41) is 12.9. The number of carbonyl (C=O) groups excluding carboxylic acids is 1. The molecule has 1 aromatic rings. The fourth-order valence-corrected chi connectivity index (χ4v) is 1.34. The molecule has 0 unspecified atom stereocenters. The molecule has 0 fully saturated rings. The van der Waals surface area contributed by atoms with Crippen molar-refractivity contribution >= 4 is 5.91 Å². The maximum absolute atomic E-state index is 11.5. The quantitative estimate of drug-likeness (QED) is 0.732. The van der Waals surface area contributed by atoms with E-state index in [0.29, 0.717) is 18.7 Å². The van der Waals surface area contributed by atoms with Gasteiger partial charge in [-0.05, 0) is 24.6 Å². The Hall–Kier alpha value is -1.39. The van der Waals surface area contributed by atoms with E-state index >= 15 is 0 Å². The van der Waals surface area contributed by atoms with Crippen molar-refractivity contribution in [3.63, 3.8) is 0 Å². The first-order chi connectivity index (χ1) is 7.13. The zero-order chi connectivity index (χ0) is 11.3. The Morgan fingerprint density at radius 1 is 1.53 bits per heavy atom. The van der Waals surface area contributed by atoms with E-state index in [1.165, 1.54) is 0 Å². The van der Waals surface area contributed by atoms with Crippen molar-refractivity contribution in [2.75, 3.05) is 13.6 Å². The van der Waals surface area contributed by atoms with Crippen molar-refractivity contribution in [3.8, 4) is 0 Å². The lowest BCUT2D eigenvalue weighted by atomic mass is 10.1. The summed E-state index contributed by atoms with van der Waals surface area (Å²) < 4.78 is 0. The van der Waals surface area contributed by atoms with Gasteiger partial charge < -0.3 is 10.5 Å². The lowest BCUT2D eigenvalue weighted by Crippen LogP contribution is -2.23. The molecule has 0 atom stereocenters. The van der Waals surface area contributed by atoms with Crippen LogP contribution in [0.3, 0.4) is 0 Å². The fourth-order valence-electron chi connectivity index (χ4n) is 1.34. The van der Waals surface area contributed by atoms with Crippen molar-refractivity contribution < 1.29 is 10.0 Å². The minimum Gasteiger partial charge on any atom is -0.352 e. The monoisotopic (exact) mass is 208 g/mol. The van der Waals surface area contributed by atoms with Crippen LogP contribution in [0.2, 0.25) is 0 Å². The van der Waals surface area contributed by atoms with Gasteiger partial charge in [0.2, 0.25) is 0 Å². The molecule has 0 aliphatic rings. The summed E-state index contributed by atoms with van der Waals surface area (Å²) in [5.74, 6) is -0.0834. The SMILES string of the molecule is CCNC(=O)c1cccc(CN(C)O)c1. The predicted octanol–water partition coefficient (Wildman–Crippen LogP) is 1.26. The topological polar surface area (TPSA) is 52.6 Å². The fraction of sp³-hybridized carbons (Fsp3) is 0.364. The second-order valence-electron chi connectivity index (χ2n) is 3.38. The molecular formula is C11H16N2O2. The molecule has 4 nitrogen and oxygen atoms in total. The van der Waals surface area contributed by atoms with Crippen molar-refractivity contribution in [1.82, 2.24) is 10.4 Å². The molecule has 0 saturated heterocycles. The van der Waals surface area contributed by atoms with Crippen molar-refractivity contribution in [2.45, 2.75) is 13.5 Å². The third kappa shape index (κ3) is 3.69. The molecule has 1 aromatic carbocycles. The Bertz CT molecular complexity index is 337. The molecule has 4 heteroatoms. The number of hydrogen-bond donors (Lipinski definition) is 2. The number of rotatable bonds is 4. The maximum atomic E-state index is 11.5. The van der Waals surface area contributed by atoms with Crippen LogP contribution in [0.5, 0.6) is 0 Å². The summed E-state index contributed by atoms with van der Waals surface area (Å²) in [6.07, 6.45) is 0. The van der Waals surface area contributed by atoms with E-state index in [4.69, 9.17) is 5.21 Å². The Morgan fingerprint density at radius 3 is 2.87 bits per heavy atom. The molecular weight excluding hydrogens is 192 g/mol. The largest absolute Gasteiger partial charge is 0.352 e. The zero-order valence-electron chi connectivity index (χ0n) is 9.03. The highest BCUT2D eigenvalue weighted by Gasteiger charge is 2.05. The number of hydrogen-bond acceptors (Lipinski definition) is 3. The van der Waals surface area contributed by atoms with Gasteiger partial charge in [0, 0.05) is 25.7 Å². The van der Waals surface area contributed by atoms with E-state index in [9.17, 15) is 4.79 Å². The molecule has 82 valence electrons. The van der Waals surface area contributed by atoms with Crippen molar-refractivity contribution in [3.05, 3.63) is 35.4 Å². The highest BCUT2D eigenvalue weighted by molar-refractivity contribution is 5.94. The molecule has 2 N–H and O–H groups in total. The average molecular weight is 208 g/mol. The van der Waals surface area contributed by atoms with Gasteiger partial charge in [-0.2, -0.15) is 5.06 Å². The number of hydroxylamine groups is 2. The summed E-state index contributed by atoms with van der Waals surface area (Å²) in [6.45, 7) is 2.90. The molecule has 0 aromatic heterocycles. The average Bonchev–Trinajstić information content (AvgIpc) is 2.17. The zero-order valence-corrected chi connectivity index (χ0v) is 9.03. The molecule has 1 rings (SSSR count). The first kappa shape index (κ1) is 11.7. The number of carbonyl (C=O) groups is 1. The van der Waals surface area contributed by atoms with E-state index < -0.39 is 0 Å². The van der Waals surface area contributed by atoms with Gasteiger partial charge in [0.25, 0.3) is 5.91 Å². The van der Waals surface area contributed by atoms with Gasteiger partial charge in [0.15, 0.2) is 0 Å². The molecule has 1 amide bonds. The predicted molar refractivity (Wildman–Crippen MR) is 57.7 cm³/mol. The van der Waals surface area contributed by atoms with Gasteiger partial charge in [-0.3, -0.25) is 4.79 Å². The summed E-state index contributed by atoms with van der Waals surface area (Å²) in [4.78, 5) is 11.5. The van der Waals surface area contributed by atoms with Gasteiger partial charge >= 0.3 is 0 Å². The number of nitrogens with zero attached hydrogens (tertiary/aromatic N) is 1. The van der Waals surface area contributed by atoms with Gasteiger partial charge in [0.1, 0.15) is 0 Å². The molecule has 0 spiro atoms. The van der Waals surface area contributed by atoms with Crippen molar-refractivity contribution in [2.24, 2.45) is 0 Å². The minimum atomic E-state index is -0.0834. The number of nitrogens with one attached hydrogen (secondary N) is 1. The standard InChI is InChI=1S/C11H16N2O2/c1-3-12-11(14)10-6-4-5-9(7-10)8-13(2)15/h4-7,15H,3,8H2,1-2H3,(H,12,14). The van der Waals surface area contributed by atoms with E-state index in [0.717, 1.165) is 10.6 Å². The van der Waals surface area contributed by atoms with E-state index in [2.05, 4.69) is 5.32 Å². The summed E-state index contributed by atoms with van der Waals surface area (Å²) in [5.41, 5.74) is 1.53. The third-order valence-electron chi connectivity index (χ3n) is 1.94. The summed E-state index contributed by atoms with van der Waals surface area (Å²) >= 11 is 0. The Morgan fingerprint density at radius 2 is 2.27 bits per heavy atom. The lowest BCUT2D eigenvalue weighted by Gasteiger charge is -2.09. The van der Waals surface area contributed by atoms with E-state index in [1.807, 2.05) is 19.1 Å². The van der Waals surface area contributed by atoms with Gasteiger partial charge in [-0.1, -0.05) is 12.1 Å². The highest BCUT2D eigenvalue weighted by atomic mass is 16.5. The van der Waals surface area contributed by atoms with Crippen LogP contribution in [0.1, 0.15) is 22.8 Å². The highest BCUT2D eigenvalue weighted by Crippen LogP contribution is 2.06. The van der Waals surface area contributed by atoms with Crippen LogP contribution in [0.25, 0.3) is 0 Å². The van der Waals surface area contributed by atoms with Crippen molar-refractivity contribution in [1.29, 1.82) is 0 Å². The van der Waals surface area contributed by atoms with Crippen LogP contribution in [0.15, 0.2) is 24.3 Å². The molecule has 15 heavy (non-hydrogen) atoms. The van der Waals surface area contributed by atoms with Gasteiger partial charge in [0.05, 0.1) is 0 Å². The lowest BCUT2D eigenvalue weighted by molar-refractivity contribution is -0.0731. The molecule has 0 aliphatic heterocycles. The normalized spacial score (nSPS) is 10.4. The molecule has 0 heterocycles. The first-order valence-corrected chi connectivity index (χ1v) is 4.90. The van der Waals surface area contributed by atoms with Crippen LogP contribution in [-0.4, -0.2) is 29.8 Å². The third-order valence-corrected chi connectivity index (χ3v) is 1.94. The van der Waals surface area contributed by atoms with E-state index in [1.54, 1.807) is 19.2 Å². The van der Waals surface area contributed by atoms with Crippen LogP contribution in [0, 0.1) is 0 Å². The molecule has 0 aliphatic carbocycles. The molecule has 0 saturated carbocycles. The van der Waals surface area contributed by atoms with Crippen LogP contribution < -0.4 is 5.32 Å². The minimum absolute atomic E-state index is 0.0834.